The zero-order chi connectivity index (χ0) is 13.0. The Balaban J connectivity index is 1.99. The molecule has 0 amide bonds. The lowest BCUT2D eigenvalue weighted by Crippen LogP contribution is -2.41. The zero-order valence-corrected chi connectivity index (χ0v) is 12.6. The number of rotatable bonds is 4. The van der Waals surface area contributed by atoms with Crippen LogP contribution in [0, 0.1) is 11.8 Å². The van der Waals surface area contributed by atoms with Crippen molar-refractivity contribution < 1.29 is 0 Å². The first-order chi connectivity index (χ1) is 8.56. The Bertz CT molecular complexity index is 278. The standard InChI is InChI=1S/C17H31N/c1-17(2,3)18-13-16(15-11-7-8-12-15)14-9-5-4-6-10-14/h9,15-16,18H,4-8,10-13H2,1-3H3. The highest BCUT2D eigenvalue weighted by atomic mass is 14.9. The third kappa shape index (κ3) is 4.12. The van der Waals surface area contributed by atoms with Crippen LogP contribution in [0.5, 0.6) is 0 Å². The van der Waals surface area contributed by atoms with Crippen molar-refractivity contribution >= 4 is 0 Å². The molecule has 0 saturated heterocycles. The molecular weight excluding hydrogens is 218 g/mol. The Morgan fingerprint density at radius 1 is 1.17 bits per heavy atom. The maximum absolute atomic E-state index is 3.76. The van der Waals surface area contributed by atoms with Crippen LogP contribution < -0.4 is 5.32 Å². The van der Waals surface area contributed by atoms with E-state index in [9.17, 15) is 0 Å². The first-order valence-corrected chi connectivity index (χ1v) is 8.00. The summed E-state index contributed by atoms with van der Waals surface area (Å²) in [6, 6.07) is 0. The van der Waals surface area contributed by atoms with Crippen molar-refractivity contribution in [2.24, 2.45) is 11.8 Å². The van der Waals surface area contributed by atoms with Crippen molar-refractivity contribution in [3.63, 3.8) is 0 Å². The minimum Gasteiger partial charge on any atom is -0.311 e. The highest BCUT2D eigenvalue weighted by Gasteiger charge is 2.28. The number of hydrogen-bond donors (Lipinski definition) is 1. The van der Waals surface area contributed by atoms with Crippen LogP contribution in [-0.2, 0) is 0 Å². The smallest absolute Gasteiger partial charge is 0.00967 e. The van der Waals surface area contributed by atoms with E-state index in [0.29, 0.717) is 0 Å². The molecule has 0 aliphatic heterocycles. The third-order valence-corrected chi connectivity index (χ3v) is 4.62. The summed E-state index contributed by atoms with van der Waals surface area (Å²) in [7, 11) is 0. The average molecular weight is 249 g/mol. The molecule has 2 aliphatic rings. The van der Waals surface area contributed by atoms with E-state index in [1.165, 1.54) is 57.9 Å². The molecule has 18 heavy (non-hydrogen) atoms. The van der Waals surface area contributed by atoms with E-state index < -0.39 is 0 Å². The van der Waals surface area contributed by atoms with Crippen LogP contribution in [0.15, 0.2) is 11.6 Å². The lowest BCUT2D eigenvalue weighted by atomic mass is 9.79. The zero-order valence-electron chi connectivity index (χ0n) is 12.6. The van der Waals surface area contributed by atoms with Gasteiger partial charge in [-0.05, 0) is 71.1 Å². The van der Waals surface area contributed by atoms with Crippen molar-refractivity contribution in [3.05, 3.63) is 11.6 Å². The molecule has 1 fully saturated rings. The maximum atomic E-state index is 3.76. The van der Waals surface area contributed by atoms with E-state index in [0.717, 1.165) is 11.8 Å². The summed E-state index contributed by atoms with van der Waals surface area (Å²) in [5, 5.41) is 3.76. The normalized spacial score (nSPS) is 24.1. The van der Waals surface area contributed by atoms with Gasteiger partial charge < -0.3 is 5.32 Å². The molecule has 1 heteroatoms. The van der Waals surface area contributed by atoms with E-state index in [1.807, 2.05) is 0 Å². The van der Waals surface area contributed by atoms with Crippen LogP contribution in [-0.4, -0.2) is 12.1 Å². The number of allylic oxidation sites excluding steroid dienone is 1. The highest BCUT2D eigenvalue weighted by molar-refractivity contribution is 5.12. The number of nitrogens with one attached hydrogen (secondary N) is 1. The van der Waals surface area contributed by atoms with Gasteiger partial charge in [-0.3, -0.25) is 0 Å². The average Bonchev–Trinajstić information content (AvgIpc) is 2.83. The Kier molecular flexibility index (Phi) is 4.89. The van der Waals surface area contributed by atoms with Crippen LogP contribution in [0.25, 0.3) is 0 Å². The van der Waals surface area contributed by atoms with Gasteiger partial charge in [0.1, 0.15) is 0 Å². The van der Waals surface area contributed by atoms with Crippen molar-refractivity contribution in [1.82, 2.24) is 5.32 Å². The molecule has 1 saturated carbocycles. The summed E-state index contributed by atoms with van der Waals surface area (Å²) in [6.07, 6.45) is 14.0. The Hall–Kier alpha value is -0.300. The van der Waals surface area contributed by atoms with Crippen LogP contribution in [0.3, 0.4) is 0 Å². The largest absolute Gasteiger partial charge is 0.311 e. The van der Waals surface area contributed by atoms with Gasteiger partial charge in [0.2, 0.25) is 0 Å². The number of hydrogen-bond acceptors (Lipinski definition) is 1. The van der Waals surface area contributed by atoms with Crippen molar-refractivity contribution in [3.8, 4) is 0 Å². The molecule has 0 spiro atoms. The quantitative estimate of drug-likeness (QED) is 0.713. The van der Waals surface area contributed by atoms with Gasteiger partial charge in [-0.1, -0.05) is 24.5 Å². The molecule has 104 valence electrons. The molecule has 0 radical (unpaired) electrons. The molecule has 0 aromatic carbocycles. The summed E-state index contributed by atoms with van der Waals surface area (Å²) in [4.78, 5) is 0. The molecule has 0 bridgehead atoms. The first kappa shape index (κ1) is 14.1. The summed E-state index contributed by atoms with van der Waals surface area (Å²) in [5.41, 5.74) is 2.04. The fourth-order valence-corrected chi connectivity index (χ4v) is 3.58. The van der Waals surface area contributed by atoms with Crippen molar-refractivity contribution in [1.29, 1.82) is 0 Å². The minimum absolute atomic E-state index is 0.256. The van der Waals surface area contributed by atoms with Gasteiger partial charge in [0.15, 0.2) is 0 Å². The van der Waals surface area contributed by atoms with E-state index in [2.05, 4.69) is 32.2 Å². The molecule has 1 unspecified atom stereocenters. The molecule has 2 aliphatic carbocycles. The molecule has 1 atom stereocenters. The lowest BCUT2D eigenvalue weighted by Gasteiger charge is -2.32. The molecule has 0 aromatic rings. The van der Waals surface area contributed by atoms with Gasteiger partial charge in [-0.2, -0.15) is 0 Å². The maximum Gasteiger partial charge on any atom is 0.00967 e. The molecule has 0 aromatic heterocycles. The van der Waals surface area contributed by atoms with E-state index in [1.54, 1.807) is 5.57 Å². The molecular formula is C17H31N. The van der Waals surface area contributed by atoms with Gasteiger partial charge in [-0.15, -0.1) is 0 Å². The van der Waals surface area contributed by atoms with E-state index in [-0.39, 0.29) is 5.54 Å². The van der Waals surface area contributed by atoms with Crippen LogP contribution in [0.2, 0.25) is 0 Å². The monoisotopic (exact) mass is 249 g/mol. The van der Waals surface area contributed by atoms with Crippen molar-refractivity contribution in [2.45, 2.75) is 77.7 Å². The fraction of sp³-hybridized carbons (Fsp3) is 0.882. The Morgan fingerprint density at radius 2 is 1.89 bits per heavy atom. The fourth-order valence-electron chi connectivity index (χ4n) is 3.58. The molecule has 0 heterocycles. The van der Waals surface area contributed by atoms with Gasteiger partial charge in [0.05, 0.1) is 0 Å². The Morgan fingerprint density at radius 3 is 2.44 bits per heavy atom. The van der Waals surface area contributed by atoms with Gasteiger partial charge in [0.25, 0.3) is 0 Å². The SMILES string of the molecule is CC(C)(C)NCC(C1=CCCCC1)C1CCCC1. The van der Waals surface area contributed by atoms with Gasteiger partial charge in [0, 0.05) is 12.1 Å². The predicted octanol–water partition coefficient (Wildman–Crippen LogP) is 4.68. The lowest BCUT2D eigenvalue weighted by molar-refractivity contribution is 0.312. The van der Waals surface area contributed by atoms with Crippen LogP contribution in [0.4, 0.5) is 0 Å². The van der Waals surface area contributed by atoms with Crippen LogP contribution >= 0.6 is 0 Å². The van der Waals surface area contributed by atoms with Crippen molar-refractivity contribution in [2.75, 3.05) is 6.54 Å². The topological polar surface area (TPSA) is 12.0 Å². The second kappa shape index (κ2) is 6.23. The summed E-state index contributed by atoms with van der Waals surface area (Å²) >= 11 is 0. The molecule has 1 N–H and O–H groups in total. The summed E-state index contributed by atoms with van der Waals surface area (Å²) < 4.78 is 0. The highest BCUT2D eigenvalue weighted by Crippen LogP contribution is 2.38. The van der Waals surface area contributed by atoms with E-state index >= 15 is 0 Å². The third-order valence-electron chi connectivity index (χ3n) is 4.62. The summed E-state index contributed by atoms with van der Waals surface area (Å²) in [5.74, 6) is 1.79. The Labute approximate surface area is 113 Å². The van der Waals surface area contributed by atoms with Gasteiger partial charge >= 0.3 is 0 Å². The first-order valence-electron chi connectivity index (χ1n) is 8.00. The van der Waals surface area contributed by atoms with Crippen LogP contribution in [0.1, 0.15) is 72.1 Å². The summed E-state index contributed by atoms with van der Waals surface area (Å²) in [6.45, 7) is 8.05. The van der Waals surface area contributed by atoms with Gasteiger partial charge in [-0.25, -0.2) is 0 Å². The second-order valence-electron chi connectivity index (χ2n) is 7.31. The predicted molar refractivity (Wildman–Crippen MR) is 79.8 cm³/mol. The second-order valence-corrected chi connectivity index (χ2v) is 7.31. The minimum atomic E-state index is 0.256. The van der Waals surface area contributed by atoms with E-state index in [4.69, 9.17) is 0 Å². The molecule has 2 rings (SSSR count). The molecule has 1 nitrogen and oxygen atoms in total.